The third-order valence-corrected chi connectivity index (χ3v) is 5.44. The lowest BCUT2D eigenvalue weighted by atomic mass is 10.1. The predicted octanol–water partition coefficient (Wildman–Crippen LogP) is 5.02. The van der Waals surface area contributed by atoms with Crippen molar-refractivity contribution in [3.63, 3.8) is 0 Å². The molecule has 0 N–H and O–H groups in total. The summed E-state index contributed by atoms with van der Waals surface area (Å²) in [5.74, 6) is 0. The van der Waals surface area contributed by atoms with Crippen LogP contribution in [0.1, 0.15) is 45.4 Å². The van der Waals surface area contributed by atoms with Gasteiger partial charge in [-0.25, -0.2) is 4.48 Å². The van der Waals surface area contributed by atoms with Gasteiger partial charge in [0.05, 0.1) is 6.54 Å². The van der Waals surface area contributed by atoms with Crippen molar-refractivity contribution >= 4 is 17.1 Å². The van der Waals surface area contributed by atoms with Gasteiger partial charge in [-0.3, -0.25) is 0 Å². The molecular weight excluding hydrogens is 406 g/mol. The van der Waals surface area contributed by atoms with E-state index >= 15 is 0 Å². The fraction of sp³-hybridized carbons (Fsp3) is 0.308. The summed E-state index contributed by atoms with van der Waals surface area (Å²) < 4.78 is 0.788. The maximum Gasteiger partial charge on any atom is 0.143 e. The van der Waals surface area contributed by atoms with E-state index in [0.29, 0.717) is 0 Å². The molecule has 0 saturated heterocycles. The molecule has 0 aliphatic carbocycles. The molecule has 0 heterocycles. The Bertz CT molecular complexity index is 675. The number of rotatable bonds is 10. The van der Waals surface area contributed by atoms with Crippen molar-refractivity contribution in [1.29, 1.82) is 0 Å². The average molecular weight is 438 g/mol. The Balaban J connectivity index is 0.00000280. The molecule has 2 heteroatoms. The third kappa shape index (κ3) is 5.33. The lowest BCUT2D eigenvalue weighted by Crippen LogP contribution is -3.00. The van der Waals surface area contributed by atoms with Crippen LogP contribution in [0.25, 0.3) is 0 Å². The van der Waals surface area contributed by atoms with Crippen LogP contribution in [0.3, 0.4) is 0 Å². The molecule has 3 aromatic carbocycles. The number of hydrogen-bond donors (Lipinski definition) is 0. The summed E-state index contributed by atoms with van der Waals surface area (Å²) in [5.41, 5.74) is 4.01. The molecule has 0 aliphatic rings. The summed E-state index contributed by atoms with van der Waals surface area (Å²) in [7, 11) is 0. The molecule has 0 fully saturated rings. The molecule has 0 bridgehead atoms. The van der Waals surface area contributed by atoms with E-state index in [2.05, 4.69) is 97.9 Å². The van der Waals surface area contributed by atoms with E-state index in [1.165, 1.54) is 55.6 Å². The maximum atomic E-state index is 2.28. The van der Waals surface area contributed by atoms with E-state index in [-0.39, 0.29) is 17.0 Å². The number of unbranched alkanes of at least 4 members (excludes halogenated alkanes) is 5. The van der Waals surface area contributed by atoms with Gasteiger partial charge in [0, 0.05) is 0 Å². The number of halogens is 1. The molecule has 0 radical (unpaired) electrons. The van der Waals surface area contributed by atoms with Gasteiger partial charge in [0.2, 0.25) is 0 Å². The van der Waals surface area contributed by atoms with Gasteiger partial charge in [-0.05, 0) is 49.2 Å². The minimum atomic E-state index is 0. The first-order valence-corrected chi connectivity index (χ1v) is 10.4. The number of nitrogens with zero attached hydrogens (tertiary/aromatic N) is 1. The highest BCUT2D eigenvalue weighted by Gasteiger charge is 2.35. The van der Waals surface area contributed by atoms with E-state index in [9.17, 15) is 0 Å². The fourth-order valence-electron chi connectivity index (χ4n) is 4.01. The van der Waals surface area contributed by atoms with E-state index in [1.54, 1.807) is 0 Å². The van der Waals surface area contributed by atoms with Crippen molar-refractivity contribution in [3.05, 3.63) is 91.0 Å². The summed E-state index contributed by atoms with van der Waals surface area (Å²) in [4.78, 5) is 0. The van der Waals surface area contributed by atoms with Crippen LogP contribution in [0.2, 0.25) is 0 Å². The molecule has 0 amide bonds. The molecule has 0 spiro atoms. The van der Waals surface area contributed by atoms with Gasteiger partial charge in [-0.2, -0.15) is 0 Å². The second kappa shape index (κ2) is 11.8. The average Bonchev–Trinajstić information content (AvgIpc) is 2.75. The standard InChI is InChI=1S/C26H32N.BrH/c1-2-3-4-5-6-16-23-27(24-17-10-7-11-18-24,25-19-12-8-13-20-25)26-21-14-9-15-22-26;/h7-15,17-22H,2-6,16,23H2,1H3;1H/q+1;/p-1. The molecule has 1 nitrogen and oxygen atoms in total. The highest BCUT2D eigenvalue weighted by atomic mass is 79.9. The summed E-state index contributed by atoms with van der Waals surface area (Å²) in [6, 6.07) is 33.0. The number of para-hydroxylation sites is 3. The zero-order valence-electron chi connectivity index (χ0n) is 16.9. The minimum absolute atomic E-state index is 0. The second-order valence-corrected chi connectivity index (χ2v) is 7.31. The predicted molar refractivity (Wildman–Crippen MR) is 119 cm³/mol. The van der Waals surface area contributed by atoms with Crippen LogP contribution < -0.4 is 21.5 Å². The molecule has 148 valence electrons. The Morgan fingerprint density at radius 3 is 1.25 bits per heavy atom. The third-order valence-electron chi connectivity index (χ3n) is 5.44. The van der Waals surface area contributed by atoms with Crippen LogP contribution in [-0.4, -0.2) is 6.54 Å². The number of hydrogen-bond acceptors (Lipinski definition) is 0. The number of quaternary nitrogens is 1. The van der Waals surface area contributed by atoms with Crippen LogP contribution in [0, 0.1) is 0 Å². The topological polar surface area (TPSA) is 0 Å². The van der Waals surface area contributed by atoms with Crippen molar-refractivity contribution in [1.82, 2.24) is 4.48 Å². The highest BCUT2D eigenvalue weighted by Crippen LogP contribution is 2.43. The van der Waals surface area contributed by atoms with Crippen molar-refractivity contribution in [2.75, 3.05) is 6.54 Å². The quantitative estimate of drug-likeness (QED) is 0.308. The Labute approximate surface area is 181 Å². The summed E-state index contributed by atoms with van der Waals surface area (Å²) in [5, 5.41) is 0. The highest BCUT2D eigenvalue weighted by molar-refractivity contribution is 5.70. The van der Waals surface area contributed by atoms with Crippen molar-refractivity contribution in [2.24, 2.45) is 0 Å². The molecule has 0 aliphatic heterocycles. The molecule has 3 rings (SSSR count). The van der Waals surface area contributed by atoms with Crippen molar-refractivity contribution in [2.45, 2.75) is 45.4 Å². The Morgan fingerprint density at radius 1 is 0.500 bits per heavy atom. The van der Waals surface area contributed by atoms with E-state index in [0.717, 1.165) is 11.0 Å². The van der Waals surface area contributed by atoms with Gasteiger partial charge in [0.25, 0.3) is 0 Å². The number of benzene rings is 3. The van der Waals surface area contributed by atoms with Gasteiger partial charge < -0.3 is 17.0 Å². The first-order chi connectivity index (χ1) is 13.4. The maximum absolute atomic E-state index is 2.28. The van der Waals surface area contributed by atoms with Crippen LogP contribution in [0.5, 0.6) is 0 Å². The van der Waals surface area contributed by atoms with Crippen LogP contribution in [-0.2, 0) is 0 Å². The van der Waals surface area contributed by atoms with Gasteiger partial charge in [-0.1, -0.05) is 87.2 Å². The summed E-state index contributed by atoms with van der Waals surface area (Å²) in [6.07, 6.45) is 7.88. The lowest BCUT2D eigenvalue weighted by molar-refractivity contribution is -0.00000547. The molecule has 28 heavy (non-hydrogen) atoms. The van der Waals surface area contributed by atoms with Gasteiger partial charge in [-0.15, -0.1) is 0 Å². The van der Waals surface area contributed by atoms with Crippen molar-refractivity contribution in [3.8, 4) is 0 Å². The normalized spacial score (nSPS) is 11.0. The zero-order valence-corrected chi connectivity index (χ0v) is 18.5. The SMILES string of the molecule is CCCCCCCC[N+](c1ccccc1)(c1ccccc1)c1ccccc1.[Br-]. The Kier molecular flexibility index (Phi) is 9.46. The van der Waals surface area contributed by atoms with Gasteiger partial charge >= 0.3 is 0 Å². The molecule has 0 saturated carbocycles. The van der Waals surface area contributed by atoms with Gasteiger partial charge in [0.1, 0.15) is 17.1 Å². The summed E-state index contributed by atoms with van der Waals surface area (Å²) in [6.45, 7) is 3.37. The monoisotopic (exact) mass is 437 g/mol. The van der Waals surface area contributed by atoms with E-state index in [1.807, 2.05) is 0 Å². The minimum Gasteiger partial charge on any atom is -1.00 e. The van der Waals surface area contributed by atoms with Crippen LogP contribution in [0.4, 0.5) is 17.1 Å². The smallest absolute Gasteiger partial charge is 0.143 e. The fourth-order valence-corrected chi connectivity index (χ4v) is 4.01. The molecular formula is C26H32BrN. The zero-order chi connectivity index (χ0) is 18.8. The van der Waals surface area contributed by atoms with E-state index in [4.69, 9.17) is 0 Å². The van der Waals surface area contributed by atoms with Crippen LogP contribution >= 0.6 is 0 Å². The lowest BCUT2D eigenvalue weighted by Gasteiger charge is -2.37. The van der Waals surface area contributed by atoms with Gasteiger partial charge in [0.15, 0.2) is 0 Å². The van der Waals surface area contributed by atoms with Crippen LogP contribution in [0.15, 0.2) is 91.0 Å². The Hall–Kier alpha value is -1.90. The molecule has 0 atom stereocenters. The second-order valence-electron chi connectivity index (χ2n) is 7.31. The Morgan fingerprint density at radius 2 is 0.857 bits per heavy atom. The van der Waals surface area contributed by atoms with E-state index < -0.39 is 0 Å². The summed E-state index contributed by atoms with van der Waals surface area (Å²) >= 11 is 0. The van der Waals surface area contributed by atoms with Crippen molar-refractivity contribution < 1.29 is 17.0 Å². The molecule has 3 aromatic rings. The molecule has 0 unspecified atom stereocenters. The molecule has 0 aromatic heterocycles. The largest absolute Gasteiger partial charge is 1.00 e. The first kappa shape index (κ1) is 22.4. The first-order valence-electron chi connectivity index (χ1n) is 10.4.